The number of aryl methyl sites for hydroxylation is 4. The lowest BCUT2D eigenvalue weighted by atomic mass is 9.82. The summed E-state index contributed by atoms with van der Waals surface area (Å²) in [7, 11) is 0. The van der Waals surface area contributed by atoms with Gasteiger partial charge in [0.05, 0.1) is 76.6 Å². The number of halogens is 12. The second kappa shape index (κ2) is 41.3. The summed E-state index contributed by atoms with van der Waals surface area (Å²) in [5.74, 6) is -14.8. The molecule has 0 unspecified atom stereocenters. The summed E-state index contributed by atoms with van der Waals surface area (Å²) in [5, 5.41) is 49.1. The van der Waals surface area contributed by atoms with Crippen LogP contribution in [0.1, 0.15) is 137 Å². The van der Waals surface area contributed by atoms with E-state index in [-0.39, 0.29) is 74.4 Å². The van der Waals surface area contributed by atoms with E-state index in [0.29, 0.717) is 86.7 Å². The van der Waals surface area contributed by atoms with Crippen LogP contribution in [-0.4, -0.2) is 179 Å². The number of hydrogen-bond acceptors (Lipinski definition) is 22. The van der Waals surface area contributed by atoms with Crippen molar-refractivity contribution >= 4 is 69.1 Å². The largest absolute Gasteiger partial charge is 0.377 e. The number of amides is 4. The zero-order valence-corrected chi connectivity index (χ0v) is 81.3. The fourth-order valence-corrected chi connectivity index (χ4v) is 19.6. The van der Waals surface area contributed by atoms with Crippen molar-refractivity contribution in [2.45, 2.75) is 152 Å². The molecule has 26 nitrogen and oxygen atoms in total. The van der Waals surface area contributed by atoms with Gasteiger partial charge in [0, 0.05) is 183 Å². The van der Waals surface area contributed by atoms with Crippen LogP contribution in [0.3, 0.4) is 0 Å². The van der Waals surface area contributed by atoms with Gasteiger partial charge in [-0.3, -0.25) is 49.1 Å². The first kappa shape index (κ1) is 104. The van der Waals surface area contributed by atoms with Crippen molar-refractivity contribution in [1.29, 1.82) is 21.0 Å². The summed E-state index contributed by atoms with van der Waals surface area (Å²) in [4.78, 5) is 82.2. The Labute approximate surface area is 843 Å². The second-order valence-electron chi connectivity index (χ2n) is 38.0. The van der Waals surface area contributed by atoms with E-state index in [9.17, 15) is 75.3 Å². The fraction of sp³-hybridized carbons (Fsp3) is 0.327. The molecule has 4 amide bonds. The van der Waals surface area contributed by atoms with E-state index in [4.69, 9.17) is 18.9 Å². The highest BCUT2D eigenvalue weighted by Crippen LogP contribution is 2.49. The molecule has 8 aliphatic rings. The zero-order valence-electron chi connectivity index (χ0n) is 81.3. The predicted octanol–water partition coefficient (Wildman–Crippen LogP) is 20.4. The first-order valence-electron chi connectivity index (χ1n) is 47.4. The average Bonchev–Trinajstić information content (AvgIpc) is 0.753. The number of nitrogens with zero attached hydrogens (tertiary/aromatic N) is 14. The van der Waals surface area contributed by atoms with E-state index in [1.165, 1.54) is 61.4 Å². The van der Waals surface area contributed by atoms with E-state index in [1.54, 1.807) is 24.3 Å². The molecule has 148 heavy (non-hydrogen) atoms. The minimum Gasteiger partial charge on any atom is -0.377 e. The summed E-state index contributed by atoms with van der Waals surface area (Å²) in [6, 6.07) is 51.4. The van der Waals surface area contributed by atoms with Crippen LogP contribution < -0.4 is 40.9 Å². The molecule has 760 valence electrons. The predicted molar refractivity (Wildman–Crippen MR) is 530 cm³/mol. The lowest BCUT2D eigenvalue weighted by Crippen LogP contribution is -2.60. The second-order valence-corrected chi connectivity index (χ2v) is 38.0. The number of nitriles is 4. The highest BCUT2D eigenvalue weighted by molar-refractivity contribution is 6.07. The molecule has 0 radical (unpaired) electrons. The maximum atomic E-state index is 15.4. The van der Waals surface area contributed by atoms with Crippen LogP contribution in [0.15, 0.2) is 207 Å². The van der Waals surface area contributed by atoms with Crippen LogP contribution >= 0.6 is 0 Å². The van der Waals surface area contributed by atoms with Gasteiger partial charge in [-0.05, 0) is 204 Å². The Balaban J connectivity index is 0.000000135. The number of nitrogens with one attached hydrogen (secondary N) is 4. The Morgan fingerprint density at radius 3 is 0.804 bits per heavy atom. The SMILES string of the molecule is Cc1ccc(NC(=O)c2ccnc(C(C)(F)F)c2)cc1-c1ccc2c(c1)N1CCOC[C@H]1[C@@](F)(C#N)C2.Cc1ccc(NC(=O)c2ccnc(C(C)(F)F)c2)cc1-c1ccc2c(c1)N1CCOC[C@H]1[C@](F)(C#N)C2.Cc1ncc(NC(=O)c2ccnc(C(C)(F)F)c2)cc1-c1ccc2c(c1)N1CCOC[C@H]1[C@@](F)(C#N)C2.Cc1ncc(NC(=O)c2ccnc(C(C)(F)F)c2)cc1-c1ccc2c(c1)N1CCOC[C@H]1[C@](F)(C#N)C2. The number of alkyl halides is 12. The fourth-order valence-electron chi connectivity index (χ4n) is 19.6. The van der Waals surface area contributed by atoms with Crippen molar-refractivity contribution in [2.24, 2.45) is 0 Å². The number of benzene rings is 6. The van der Waals surface area contributed by atoms with Gasteiger partial charge in [-0.2, -0.15) is 56.2 Å². The summed E-state index contributed by atoms with van der Waals surface area (Å²) >= 11 is 0. The van der Waals surface area contributed by atoms with Crippen LogP contribution in [0.4, 0.5) is 98.2 Å². The van der Waals surface area contributed by atoms with Crippen LogP contribution in [0.25, 0.3) is 44.5 Å². The van der Waals surface area contributed by atoms with E-state index in [1.807, 2.05) is 169 Å². The van der Waals surface area contributed by atoms with Crippen LogP contribution in [0.2, 0.25) is 0 Å². The molecular weight excluding hydrogens is 1930 g/mol. The van der Waals surface area contributed by atoms with Gasteiger partial charge in [0.1, 0.15) is 71.2 Å². The molecule has 6 aromatic heterocycles. The van der Waals surface area contributed by atoms with Crippen molar-refractivity contribution in [3.05, 3.63) is 297 Å². The summed E-state index contributed by atoms with van der Waals surface area (Å²) < 4.78 is 193. The highest BCUT2D eigenvalue weighted by atomic mass is 19.3. The number of carbonyl (C=O) groups excluding carboxylic acids is 4. The smallest absolute Gasteiger partial charge is 0.286 e. The molecule has 4 fully saturated rings. The number of aromatic nitrogens is 6. The van der Waals surface area contributed by atoms with Gasteiger partial charge in [0.25, 0.3) is 47.3 Å². The molecule has 20 rings (SSSR count). The number of rotatable bonds is 16. The Kier molecular flexibility index (Phi) is 28.9. The normalized spacial score (nSPS) is 21.0. The Morgan fingerprint density at radius 1 is 0.324 bits per heavy atom. The standard InChI is InChI=1S/2C28H25F3N4O2.2C27H24F3N5O2/c2*1-17-3-6-21(34-26(36)19-7-8-33-24(12-19)27(2,29)30)13-22(17)18-4-5-20-14-28(31,16-32)25-15-37-10-9-35(25)23(20)11-18;2*1-16-21(11-20(13-33-16)34-25(36)18-5-6-32-23(10-18)26(2,28)29)17-3-4-19-12-27(30,15-31)24-14-37-8-7-35(24)22(19)9-17/h2*3-8,11-13,25H,9-10,14-15H2,1-2H3,(H,34,36);2*3-6,9-11,13,24H,7-8,12,14H2,1-2H3,(H,34,36)/t25-,28+;25-,28-;24-,27+;24-,27-/m0000/s1. The van der Waals surface area contributed by atoms with Gasteiger partial charge >= 0.3 is 0 Å². The van der Waals surface area contributed by atoms with E-state index in [0.717, 1.165) is 153 Å². The maximum Gasteiger partial charge on any atom is 0.286 e. The summed E-state index contributed by atoms with van der Waals surface area (Å²) in [5.41, 5.74) is 8.30. The molecule has 6 aromatic carbocycles. The van der Waals surface area contributed by atoms with Crippen LogP contribution in [-0.2, 0) is 68.3 Å². The first-order chi connectivity index (χ1) is 70.3. The monoisotopic (exact) mass is 2030 g/mol. The van der Waals surface area contributed by atoms with Gasteiger partial charge < -0.3 is 59.8 Å². The molecule has 38 heteroatoms. The Morgan fingerprint density at radius 2 is 0.561 bits per heavy atom. The van der Waals surface area contributed by atoms with Gasteiger partial charge in [0.2, 0.25) is 22.7 Å². The molecule has 8 atom stereocenters. The third kappa shape index (κ3) is 21.8. The topological polar surface area (TPSA) is 339 Å². The Bertz CT molecular complexity index is 6520. The number of hydrogen-bond donors (Lipinski definition) is 4. The van der Waals surface area contributed by atoms with Crippen molar-refractivity contribution < 1.29 is 90.8 Å². The van der Waals surface area contributed by atoms with Crippen molar-refractivity contribution in [3.8, 4) is 68.8 Å². The highest BCUT2D eigenvalue weighted by Gasteiger charge is 2.54. The number of morpholine rings is 4. The van der Waals surface area contributed by atoms with Crippen molar-refractivity contribution in [2.75, 3.05) is 120 Å². The Hall–Kier alpha value is -15.7. The molecule has 4 N–H and O–H groups in total. The van der Waals surface area contributed by atoms with Crippen LogP contribution in [0.5, 0.6) is 0 Å². The number of pyridine rings is 6. The molecule has 12 aromatic rings. The number of ether oxygens (including phenoxy) is 4. The van der Waals surface area contributed by atoms with Gasteiger partial charge in [-0.15, -0.1) is 0 Å². The molecule has 0 aliphatic carbocycles. The molecule has 0 saturated carbocycles. The van der Waals surface area contributed by atoms with Crippen molar-refractivity contribution in [3.63, 3.8) is 0 Å². The quantitative estimate of drug-likeness (QED) is 0.0653. The minimum absolute atomic E-state index is 0.0105. The van der Waals surface area contributed by atoms with Crippen LogP contribution in [0, 0.1) is 73.0 Å². The van der Waals surface area contributed by atoms with Gasteiger partial charge in [0.15, 0.2) is 0 Å². The van der Waals surface area contributed by atoms with Crippen molar-refractivity contribution in [1.82, 2.24) is 29.9 Å². The van der Waals surface area contributed by atoms with E-state index in [2.05, 4.69) is 51.2 Å². The molecule has 8 aliphatic heterocycles. The molecular formula is C110H98F12N18O8. The number of anilines is 8. The lowest BCUT2D eigenvalue weighted by Gasteiger charge is -2.46. The van der Waals surface area contributed by atoms with Gasteiger partial charge in [-0.1, -0.05) is 60.7 Å². The molecule has 0 bridgehead atoms. The van der Waals surface area contributed by atoms with Gasteiger partial charge in [-0.25, -0.2) is 17.6 Å². The summed E-state index contributed by atoms with van der Waals surface area (Å²) in [6.45, 7) is 14.7. The first-order valence-corrected chi connectivity index (χ1v) is 47.4. The minimum atomic E-state index is -3.17. The number of fused-ring (bicyclic) bond motifs is 12. The molecule has 14 heterocycles. The maximum absolute atomic E-state index is 15.4. The van der Waals surface area contributed by atoms with E-state index < -0.39 is 117 Å². The van der Waals surface area contributed by atoms with E-state index >= 15 is 17.6 Å². The summed E-state index contributed by atoms with van der Waals surface area (Å²) in [6.07, 6.45) is 7.63. The third-order valence-corrected chi connectivity index (χ3v) is 27.6. The molecule has 0 spiro atoms. The lowest BCUT2D eigenvalue weighted by molar-refractivity contribution is 0.0120. The molecule has 4 saturated heterocycles. The average molecular weight is 2030 g/mol. The number of carbonyl (C=O) groups is 4. The zero-order chi connectivity index (χ0) is 105. The third-order valence-electron chi connectivity index (χ3n) is 27.6.